The van der Waals surface area contributed by atoms with Crippen molar-refractivity contribution in [1.82, 2.24) is 9.97 Å². The third-order valence-electron chi connectivity index (χ3n) is 2.03. The zero-order chi connectivity index (χ0) is 12.1. The Morgan fingerprint density at radius 2 is 2.31 bits per heavy atom. The molecular formula is C10H15N3O3. The van der Waals surface area contributed by atoms with Crippen molar-refractivity contribution in [3.63, 3.8) is 0 Å². The van der Waals surface area contributed by atoms with Crippen molar-refractivity contribution in [2.75, 3.05) is 19.0 Å². The Bertz CT molecular complexity index is 382. The second kappa shape index (κ2) is 5.29. The molecule has 6 heteroatoms. The number of nitrogens with zero attached hydrogens (tertiary/aromatic N) is 2. The Hall–Kier alpha value is -1.85. The van der Waals surface area contributed by atoms with Crippen LogP contribution in [0.15, 0.2) is 6.07 Å². The third-order valence-corrected chi connectivity index (χ3v) is 2.03. The molecule has 0 fully saturated rings. The molecule has 0 saturated carbocycles. The van der Waals surface area contributed by atoms with Gasteiger partial charge < -0.3 is 15.2 Å². The van der Waals surface area contributed by atoms with Crippen LogP contribution in [0.3, 0.4) is 0 Å². The first-order chi connectivity index (χ1) is 7.52. The van der Waals surface area contributed by atoms with E-state index < -0.39 is 11.9 Å². The van der Waals surface area contributed by atoms with Crippen molar-refractivity contribution in [3.8, 4) is 5.88 Å². The summed E-state index contributed by atoms with van der Waals surface area (Å²) in [6, 6.07) is 1.63. The van der Waals surface area contributed by atoms with Crippen molar-refractivity contribution in [2.45, 2.75) is 13.8 Å². The van der Waals surface area contributed by atoms with Crippen LogP contribution in [0.5, 0.6) is 5.88 Å². The van der Waals surface area contributed by atoms with Crippen LogP contribution in [0.2, 0.25) is 0 Å². The number of rotatable bonds is 5. The highest BCUT2D eigenvalue weighted by Gasteiger charge is 2.11. The van der Waals surface area contributed by atoms with E-state index in [2.05, 4.69) is 15.3 Å². The van der Waals surface area contributed by atoms with E-state index in [9.17, 15) is 4.79 Å². The van der Waals surface area contributed by atoms with E-state index in [4.69, 9.17) is 9.84 Å². The maximum Gasteiger partial charge on any atom is 0.308 e. The summed E-state index contributed by atoms with van der Waals surface area (Å²) in [4.78, 5) is 18.8. The Labute approximate surface area is 93.7 Å². The predicted molar refractivity (Wildman–Crippen MR) is 58.6 cm³/mol. The Balaban J connectivity index is 2.66. The average Bonchev–Trinajstić information content (AvgIpc) is 2.24. The normalized spacial score (nSPS) is 11.9. The number of hydrogen-bond acceptors (Lipinski definition) is 5. The molecule has 1 aromatic heterocycles. The molecule has 0 aliphatic carbocycles. The quantitative estimate of drug-likeness (QED) is 0.775. The monoisotopic (exact) mass is 225 g/mol. The zero-order valence-corrected chi connectivity index (χ0v) is 9.52. The van der Waals surface area contributed by atoms with Gasteiger partial charge in [-0.1, -0.05) is 6.92 Å². The van der Waals surface area contributed by atoms with E-state index in [1.165, 1.54) is 7.11 Å². The standard InChI is InChI=1S/C10H15N3O3/c1-6(10(14)15)5-11-8-4-9(16-3)13-7(2)12-8/h4,6H,5H2,1-3H3,(H,14,15)(H,11,12,13). The molecule has 2 N–H and O–H groups in total. The summed E-state index contributed by atoms with van der Waals surface area (Å²) in [7, 11) is 1.52. The van der Waals surface area contributed by atoms with Gasteiger partial charge in [-0.15, -0.1) is 0 Å². The van der Waals surface area contributed by atoms with Crippen molar-refractivity contribution >= 4 is 11.8 Å². The molecule has 16 heavy (non-hydrogen) atoms. The molecule has 0 aromatic carbocycles. The lowest BCUT2D eigenvalue weighted by atomic mass is 10.2. The summed E-state index contributed by atoms with van der Waals surface area (Å²) in [6.07, 6.45) is 0. The lowest BCUT2D eigenvalue weighted by Gasteiger charge is -2.10. The molecular weight excluding hydrogens is 210 g/mol. The maximum absolute atomic E-state index is 10.6. The number of aliphatic carboxylic acids is 1. The number of ether oxygens (including phenoxy) is 1. The molecule has 0 spiro atoms. The Kier molecular flexibility index (Phi) is 4.04. The van der Waals surface area contributed by atoms with Crippen molar-refractivity contribution in [2.24, 2.45) is 5.92 Å². The number of carboxylic acid groups (broad SMARTS) is 1. The van der Waals surface area contributed by atoms with E-state index in [0.717, 1.165) is 0 Å². The minimum atomic E-state index is -0.842. The van der Waals surface area contributed by atoms with Gasteiger partial charge in [0, 0.05) is 12.6 Å². The number of hydrogen-bond donors (Lipinski definition) is 2. The summed E-state index contributed by atoms with van der Waals surface area (Å²) < 4.78 is 4.98. The van der Waals surface area contributed by atoms with Gasteiger partial charge in [0.05, 0.1) is 13.0 Å². The molecule has 0 aliphatic rings. The fourth-order valence-corrected chi connectivity index (χ4v) is 1.08. The van der Waals surface area contributed by atoms with Gasteiger partial charge in [-0.05, 0) is 6.92 Å². The molecule has 1 heterocycles. The molecule has 0 saturated heterocycles. The average molecular weight is 225 g/mol. The number of methoxy groups -OCH3 is 1. The molecule has 1 atom stereocenters. The van der Waals surface area contributed by atoms with Gasteiger partial charge in [0.15, 0.2) is 0 Å². The molecule has 88 valence electrons. The highest BCUT2D eigenvalue weighted by atomic mass is 16.5. The smallest absolute Gasteiger partial charge is 0.308 e. The van der Waals surface area contributed by atoms with Crippen LogP contribution >= 0.6 is 0 Å². The molecule has 0 aliphatic heterocycles. The van der Waals surface area contributed by atoms with Crippen molar-refractivity contribution in [1.29, 1.82) is 0 Å². The van der Waals surface area contributed by atoms with Gasteiger partial charge >= 0.3 is 5.97 Å². The minimum absolute atomic E-state index is 0.314. The third kappa shape index (κ3) is 3.38. The van der Waals surface area contributed by atoms with E-state index in [1.807, 2.05) is 0 Å². The van der Waals surface area contributed by atoms with Crippen LogP contribution < -0.4 is 10.1 Å². The molecule has 1 rings (SSSR count). The summed E-state index contributed by atoms with van der Waals surface area (Å²) in [5, 5.41) is 11.6. The second-order valence-electron chi connectivity index (χ2n) is 3.46. The van der Waals surface area contributed by atoms with Crippen LogP contribution in [0.25, 0.3) is 0 Å². The number of aryl methyl sites for hydroxylation is 1. The van der Waals surface area contributed by atoms with Gasteiger partial charge in [0.1, 0.15) is 11.6 Å². The topological polar surface area (TPSA) is 84.3 Å². The summed E-state index contributed by atoms with van der Waals surface area (Å²) in [6.45, 7) is 3.68. The lowest BCUT2D eigenvalue weighted by molar-refractivity contribution is -0.140. The van der Waals surface area contributed by atoms with Gasteiger partial charge in [-0.2, -0.15) is 4.98 Å². The number of anilines is 1. The molecule has 1 unspecified atom stereocenters. The van der Waals surface area contributed by atoms with E-state index in [-0.39, 0.29) is 0 Å². The van der Waals surface area contributed by atoms with Gasteiger partial charge in [-0.25, -0.2) is 4.98 Å². The van der Waals surface area contributed by atoms with Gasteiger partial charge in [-0.3, -0.25) is 4.79 Å². The number of carbonyl (C=O) groups is 1. The minimum Gasteiger partial charge on any atom is -0.481 e. The molecule has 0 amide bonds. The molecule has 0 radical (unpaired) electrons. The summed E-state index contributed by atoms with van der Waals surface area (Å²) in [5.74, 6) is 0.284. The lowest BCUT2D eigenvalue weighted by Crippen LogP contribution is -2.20. The number of aromatic nitrogens is 2. The first kappa shape index (κ1) is 12.2. The van der Waals surface area contributed by atoms with E-state index in [1.54, 1.807) is 19.9 Å². The predicted octanol–water partition coefficient (Wildman–Crippen LogP) is 0.926. The summed E-state index contributed by atoms with van der Waals surface area (Å²) in [5.41, 5.74) is 0. The number of nitrogens with one attached hydrogen (secondary N) is 1. The van der Waals surface area contributed by atoms with Gasteiger partial charge in [0.25, 0.3) is 0 Å². The zero-order valence-electron chi connectivity index (χ0n) is 9.52. The largest absolute Gasteiger partial charge is 0.481 e. The Morgan fingerprint density at radius 1 is 1.62 bits per heavy atom. The van der Waals surface area contributed by atoms with Crippen molar-refractivity contribution in [3.05, 3.63) is 11.9 Å². The maximum atomic E-state index is 10.6. The molecule has 6 nitrogen and oxygen atoms in total. The summed E-state index contributed by atoms with van der Waals surface area (Å²) >= 11 is 0. The molecule has 0 bridgehead atoms. The highest BCUT2D eigenvalue weighted by Crippen LogP contribution is 2.12. The van der Waals surface area contributed by atoms with Crippen LogP contribution in [-0.2, 0) is 4.79 Å². The molecule has 1 aromatic rings. The number of carboxylic acids is 1. The fourth-order valence-electron chi connectivity index (χ4n) is 1.08. The van der Waals surface area contributed by atoms with Gasteiger partial charge in [0.2, 0.25) is 5.88 Å². The van der Waals surface area contributed by atoms with Crippen LogP contribution in [0.1, 0.15) is 12.7 Å². The van der Waals surface area contributed by atoms with Crippen LogP contribution in [-0.4, -0.2) is 34.7 Å². The Morgan fingerprint density at radius 3 is 2.88 bits per heavy atom. The fraction of sp³-hybridized carbons (Fsp3) is 0.500. The highest BCUT2D eigenvalue weighted by molar-refractivity contribution is 5.70. The van der Waals surface area contributed by atoms with Crippen LogP contribution in [0, 0.1) is 12.8 Å². The van der Waals surface area contributed by atoms with E-state index >= 15 is 0 Å². The first-order valence-corrected chi connectivity index (χ1v) is 4.89. The van der Waals surface area contributed by atoms with E-state index in [0.29, 0.717) is 24.1 Å². The first-order valence-electron chi connectivity index (χ1n) is 4.89. The van der Waals surface area contributed by atoms with Crippen molar-refractivity contribution < 1.29 is 14.6 Å². The second-order valence-corrected chi connectivity index (χ2v) is 3.46. The SMILES string of the molecule is COc1cc(NCC(C)C(=O)O)nc(C)n1. The van der Waals surface area contributed by atoms with Crippen LogP contribution in [0.4, 0.5) is 5.82 Å².